The van der Waals surface area contributed by atoms with Crippen molar-refractivity contribution in [3.63, 3.8) is 0 Å². The highest BCUT2D eigenvalue weighted by atomic mass is 16.6. The van der Waals surface area contributed by atoms with Crippen LogP contribution in [0.2, 0.25) is 0 Å². The molecule has 14 heteroatoms. The van der Waals surface area contributed by atoms with E-state index in [0.29, 0.717) is 63.4 Å². The summed E-state index contributed by atoms with van der Waals surface area (Å²) in [7, 11) is 4.52. The van der Waals surface area contributed by atoms with Crippen molar-refractivity contribution in [3.05, 3.63) is 47.6 Å². The van der Waals surface area contributed by atoms with Gasteiger partial charge < -0.3 is 43.9 Å². The van der Waals surface area contributed by atoms with Gasteiger partial charge in [0, 0.05) is 59.0 Å². The summed E-state index contributed by atoms with van der Waals surface area (Å²) in [6.07, 6.45) is 11.2. The third-order valence-electron chi connectivity index (χ3n) is 14.0. The van der Waals surface area contributed by atoms with Gasteiger partial charge in [-0.25, -0.2) is 4.79 Å². The van der Waals surface area contributed by atoms with E-state index in [4.69, 9.17) is 23.7 Å². The van der Waals surface area contributed by atoms with E-state index in [-0.39, 0.29) is 61.2 Å². The minimum atomic E-state index is -2.39. The van der Waals surface area contributed by atoms with Crippen molar-refractivity contribution in [2.75, 3.05) is 27.9 Å². The largest absolute Gasteiger partial charge is 0.460 e. The lowest BCUT2D eigenvalue weighted by Gasteiger charge is -2.40. The van der Waals surface area contributed by atoms with E-state index in [9.17, 15) is 39.3 Å². The Labute approximate surface area is 380 Å². The Morgan fingerprint density at radius 3 is 2.28 bits per heavy atom. The number of fused-ring (bicyclic) bond motifs is 3. The van der Waals surface area contributed by atoms with Crippen molar-refractivity contribution >= 4 is 29.2 Å². The number of nitrogens with zero attached hydrogens (tertiary/aromatic N) is 1. The van der Waals surface area contributed by atoms with Crippen molar-refractivity contribution in [2.45, 2.75) is 180 Å². The number of piperidine rings is 1. The summed E-state index contributed by atoms with van der Waals surface area (Å²) in [5.74, 6) is -7.19. The number of amides is 1. The molecule has 3 aliphatic heterocycles. The van der Waals surface area contributed by atoms with Gasteiger partial charge in [-0.3, -0.25) is 19.2 Å². The van der Waals surface area contributed by atoms with Crippen LogP contribution in [0.4, 0.5) is 0 Å². The molecule has 1 aliphatic carbocycles. The third kappa shape index (κ3) is 14.3. The molecule has 14 nitrogen and oxygen atoms in total. The zero-order valence-corrected chi connectivity index (χ0v) is 39.7. The zero-order valence-electron chi connectivity index (χ0n) is 39.7. The molecule has 3 fully saturated rings. The Balaban J connectivity index is 1.68. The van der Waals surface area contributed by atoms with Gasteiger partial charge in [-0.1, -0.05) is 64.2 Å². The lowest BCUT2D eigenvalue weighted by molar-refractivity contribution is -0.245. The lowest BCUT2D eigenvalue weighted by Crippen LogP contribution is -2.58. The molecule has 4 rings (SSSR count). The number of hydrogen-bond donors (Lipinski definition) is 3. The molecule has 2 saturated heterocycles. The standard InChI is InChI=1S/C50H77NO13/c1-30-16-11-10-12-17-31(2)41(60-7)28-37-18-15-22-50(59,64-37)47(56)48(57)51-23-14-13-19-38(51)49(58)63-42(33(4)26-36-20-21-39(52)43(27-36)61-8)29-40(53)32(3)25-35(6)45(55)46(62-9)44(54)34(5)24-30/h10-12,16-17,25,30,32-34,36-39,41-43,45-46,52,55,59H,13-15,18-24,26-29H2,1-9H3/b12-10+,16-11+,31-17+,35-25+/t30-,32-,33-,34+,36+,37+,38+,39-,41-,42+,43-,45-,46+,50-/m1/s1. The minimum absolute atomic E-state index is 0.0217. The van der Waals surface area contributed by atoms with E-state index in [2.05, 4.69) is 0 Å². The molecule has 3 N–H and O–H groups in total. The number of carbonyl (C=O) groups is 5. The zero-order chi connectivity index (χ0) is 47.3. The van der Waals surface area contributed by atoms with E-state index in [1.165, 1.54) is 12.0 Å². The lowest BCUT2D eigenvalue weighted by atomic mass is 9.78. The fraction of sp³-hybridized carbons (Fsp3) is 0.740. The van der Waals surface area contributed by atoms with Crippen molar-refractivity contribution < 1.29 is 63.0 Å². The highest BCUT2D eigenvalue weighted by Crippen LogP contribution is 2.35. The maximum atomic E-state index is 14.3. The van der Waals surface area contributed by atoms with Crippen molar-refractivity contribution in [1.29, 1.82) is 0 Å². The monoisotopic (exact) mass is 900 g/mol. The third-order valence-corrected chi connectivity index (χ3v) is 14.0. The van der Waals surface area contributed by atoms with Crippen LogP contribution in [0.3, 0.4) is 0 Å². The van der Waals surface area contributed by atoms with Gasteiger partial charge in [0.2, 0.25) is 5.79 Å². The molecule has 1 saturated carbocycles. The first-order valence-electron chi connectivity index (χ1n) is 23.5. The second kappa shape index (κ2) is 25.0. The second-order valence-electron chi connectivity index (χ2n) is 19.1. The summed E-state index contributed by atoms with van der Waals surface area (Å²) in [6, 6.07) is -1.13. The highest BCUT2D eigenvalue weighted by Gasteiger charge is 2.49. The van der Waals surface area contributed by atoms with Gasteiger partial charge in [0.25, 0.3) is 11.7 Å². The maximum absolute atomic E-state index is 14.3. The number of Topliss-reactive ketones (excluding diaryl/α,β-unsaturated/α-hetero) is 3. The van der Waals surface area contributed by atoms with Gasteiger partial charge in [-0.15, -0.1) is 0 Å². The molecule has 0 radical (unpaired) electrons. The van der Waals surface area contributed by atoms with Crippen LogP contribution in [-0.4, -0.2) is 132 Å². The summed E-state index contributed by atoms with van der Waals surface area (Å²) in [4.78, 5) is 71.3. The van der Waals surface area contributed by atoms with Gasteiger partial charge in [-0.2, -0.15) is 0 Å². The van der Waals surface area contributed by atoms with Crippen LogP contribution in [0.15, 0.2) is 47.6 Å². The van der Waals surface area contributed by atoms with Gasteiger partial charge in [0.05, 0.1) is 24.4 Å². The van der Waals surface area contributed by atoms with Crippen LogP contribution in [0.5, 0.6) is 0 Å². The average Bonchev–Trinajstić information content (AvgIpc) is 3.27. The number of hydrogen-bond acceptors (Lipinski definition) is 13. The molecule has 1 amide bonds. The fourth-order valence-electron chi connectivity index (χ4n) is 9.92. The molecule has 2 bridgehead atoms. The summed E-state index contributed by atoms with van der Waals surface area (Å²) >= 11 is 0. The quantitative estimate of drug-likeness (QED) is 0.161. The molecule has 0 spiro atoms. The van der Waals surface area contributed by atoms with E-state index < -0.39 is 77.9 Å². The van der Waals surface area contributed by atoms with Gasteiger partial charge in [-0.05, 0) is 107 Å². The van der Waals surface area contributed by atoms with Gasteiger partial charge in [0.15, 0.2) is 5.78 Å². The normalized spacial score (nSPS) is 39.7. The van der Waals surface area contributed by atoms with Crippen LogP contribution >= 0.6 is 0 Å². The van der Waals surface area contributed by atoms with Gasteiger partial charge in [0.1, 0.15) is 30.1 Å². The number of ether oxygens (including phenoxy) is 5. The highest BCUT2D eigenvalue weighted by molar-refractivity contribution is 6.39. The van der Waals surface area contributed by atoms with Crippen molar-refractivity contribution in [3.8, 4) is 0 Å². The molecule has 4 aliphatic rings. The number of esters is 1. The minimum Gasteiger partial charge on any atom is -0.460 e. The molecule has 0 aromatic carbocycles. The van der Waals surface area contributed by atoms with Crippen LogP contribution < -0.4 is 0 Å². The van der Waals surface area contributed by atoms with E-state index >= 15 is 0 Å². The average molecular weight is 900 g/mol. The molecule has 0 aromatic heterocycles. The SMILES string of the molecule is CO[C@@H]1C[C@@H]2CCC[C@@](O)(O2)C(=O)C(=O)N2CCCC[C@H]2C(=O)O[C@H]([C@H](C)C[C@@H]2CC[C@@H](O)[C@H](OC)C2)CC(=O)[C@H](C)/C=C(\C)[C@@H](O)[C@@H](OC)C(=O)[C@@H](C)C[C@H](C)/C=C/C=C/C=C/1C. The van der Waals surface area contributed by atoms with E-state index in [0.717, 1.165) is 12.0 Å². The Morgan fingerprint density at radius 1 is 0.859 bits per heavy atom. The number of rotatable bonds is 6. The molecule has 360 valence electrons. The Hall–Kier alpha value is -3.37. The van der Waals surface area contributed by atoms with E-state index in [1.807, 2.05) is 58.1 Å². The summed E-state index contributed by atoms with van der Waals surface area (Å²) < 4.78 is 29.2. The predicted molar refractivity (Wildman–Crippen MR) is 241 cm³/mol. The summed E-state index contributed by atoms with van der Waals surface area (Å²) in [5, 5.41) is 33.5. The first-order valence-corrected chi connectivity index (χ1v) is 23.5. The fourth-order valence-corrected chi connectivity index (χ4v) is 9.92. The Bertz CT molecular complexity index is 1720. The number of cyclic esters (lactones) is 1. The molecule has 0 unspecified atom stereocenters. The predicted octanol–water partition coefficient (Wildman–Crippen LogP) is 5.93. The van der Waals surface area contributed by atoms with Gasteiger partial charge >= 0.3 is 5.97 Å². The Kier molecular flexibility index (Phi) is 20.8. The van der Waals surface area contributed by atoms with Crippen LogP contribution in [0, 0.1) is 29.6 Å². The molecular formula is C50H77NO13. The first kappa shape index (κ1) is 53.2. The molecule has 0 aromatic rings. The molecule has 3 heterocycles. The Morgan fingerprint density at radius 2 is 1.59 bits per heavy atom. The van der Waals surface area contributed by atoms with Crippen LogP contribution in [0.25, 0.3) is 0 Å². The topological polar surface area (TPSA) is 195 Å². The summed E-state index contributed by atoms with van der Waals surface area (Å²) in [5.41, 5.74) is 1.27. The molecule has 14 atom stereocenters. The maximum Gasteiger partial charge on any atom is 0.329 e. The van der Waals surface area contributed by atoms with Crippen molar-refractivity contribution in [1.82, 2.24) is 4.90 Å². The number of ketones is 3. The number of aliphatic hydroxyl groups is 3. The van der Waals surface area contributed by atoms with Crippen LogP contribution in [-0.2, 0) is 47.7 Å². The smallest absolute Gasteiger partial charge is 0.329 e. The number of carbonyl (C=O) groups excluding carboxylic acids is 5. The summed E-state index contributed by atoms with van der Waals surface area (Å²) in [6.45, 7) is 11.1. The second-order valence-corrected chi connectivity index (χ2v) is 19.1. The molecular weight excluding hydrogens is 823 g/mol. The first-order chi connectivity index (χ1) is 30.3. The number of aliphatic hydroxyl groups excluding tert-OH is 2. The number of allylic oxidation sites excluding steroid dienone is 6. The molecule has 64 heavy (non-hydrogen) atoms. The van der Waals surface area contributed by atoms with Crippen LogP contribution in [0.1, 0.15) is 125 Å². The van der Waals surface area contributed by atoms with E-state index in [1.54, 1.807) is 34.1 Å². The number of methoxy groups -OCH3 is 3. The van der Waals surface area contributed by atoms with Crippen molar-refractivity contribution in [2.24, 2.45) is 29.6 Å².